The highest BCUT2D eigenvalue weighted by atomic mass is 32.2. The first-order valence-electron chi connectivity index (χ1n) is 10.1. The molecular formula is C21H31N5O2S. The van der Waals surface area contributed by atoms with E-state index in [1.165, 1.54) is 11.8 Å². The number of primary amides is 1. The predicted molar refractivity (Wildman–Crippen MR) is 115 cm³/mol. The van der Waals surface area contributed by atoms with Crippen molar-refractivity contribution >= 4 is 23.6 Å². The van der Waals surface area contributed by atoms with E-state index in [0.717, 1.165) is 30.8 Å². The largest absolute Gasteiger partial charge is 0.370 e. The number of aryl methyl sites for hydroxylation is 1. The van der Waals surface area contributed by atoms with Crippen molar-refractivity contribution in [1.29, 1.82) is 0 Å². The summed E-state index contributed by atoms with van der Waals surface area (Å²) in [5.74, 6) is 0.988. The molecule has 158 valence electrons. The van der Waals surface area contributed by atoms with Crippen LogP contribution in [-0.4, -0.2) is 32.3 Å². The number of carbonyl (C=O) groups is 2. The number of nitrogens with one attached hydrogen (secondary N) is 1. The first-order valence-corrected chi connectivity index (χ1v) is 11.1. The van der Waals surface area contributed by atoms with Crippen molar-refractivity contribution < 1.29 is 9.59 Å². The van der Waals surface area contributed by atoms with Crippen LogP contribution in [-0.2, 0) is 22.6 Å². The molecule has 1 atom stereocenters. The number of benzene rings is 1. The lowest BCUT2D eigenvalue weighted by Crippen LogP contribution is -2.30. The number of hydrogen-bond donors (Lipinski definition) is 2. The summed E-state index contributed by atoms with van der Waals surface area (Å²) in [6.45, 7) is 7.05. The molecule has 0 saturated heterocycles. The Kier molecular flexibility index (Phi) is 9.18. The lowest BCUT2D eigenvalue weighted by atomic mass is 10.0. The average molecular weight is 418 g/mol. The van der Waals surface area contributed by atoms with Crippen LogP contribution in [0.4, 0.5) is 0 Å². The van der Waals surface area contributed by atoms with Crippen molar-refractivity contribution in [3.05, 3.63) is 41.7 Å². The zero-order valence-corrected chi connectivity index (χ0v) is 18.2. The van der Waals surface area contributed by atoms with Crippen molar-refractivity contribution in [3.63, 3.8) is 0 Å². The maximum absolute atomic E-state index is 12.6. The minimum absolute atomic E-state index is 0.00830. The molecule has 0 aliphatic rings. The summed E-state index contributed by atoms with van der Waals surface area (Å²) in [6.07, 6.45) is 2.56. The molecule has 29 heavy (non-hydrogen) atoms. The summed E-state index contributed by atoms with van der Waals surface area (Å²) in [5, 5.41) is 12.3. The van der Waals surface area contributed by atoms with Crippen LogP contribution in [0.1, 0.15) is 57.5 Å². The van der Waals surface area contributed by atoms with E-state index in [-0.39, 0.29) is 30.0 Å². The van der Waals surface area contributed by atoms with E-state index in [1.807, 2.05) is 34.9 Å². The van der Waals surface area contributed by atoms with Gasteiger partial charge in [0.1, 0.15) is 5.82 Å². The zero-order chi connectivity index (χ0) is 21.2. The Morgan fingerprint density at radius 3 is 2.55 bits per heavy atom. The van der Waals surface area contributed by atoms with Crippen LogP contribution >= 0.6 is 11.8 Å². The third-order valence-corrected chi connectivity index (χ3v) is 5.35. The number of thioether (sulfide) groups is 1. The van der Waals surface area contributed by atoms with Crippen LogP contribution < -0.4 is 11.1 Å². The molecule has 0 radical (unpaired) electrons. The van der Waals surface area contributed by atoms with Gasteiger partial charge in [-0.3, -0.25) is 9.59 Å². The Morgan fingerprint density at radius 1 is 1.21 bits per heavy atom. The number of aromatic nitrogens is 3. The van der Waals surface area contributed by atoms with Crippen molar-refractivity contribution in [3.8, 4) is 0 Å². The van der Waals surface area contributed by atoms with Gasteiger partial charge >= 0.3 is 0 Å². The van der Waals surface area contributed by atoms with E-state index < -0.39 is 0 Å². The number of hydrogen-bond acceptors (Lipinski definition) is 5. The molecule has 2 aromatic rings. The number of carbonyl (C=O) groups excluding carboxylic acids is 2. The van der Waals surface area contributed by atoms with E-state index in [0.29, 0.717) is 17.5 Å². The van der Waals surface area contributed by atoms with Crippen molar-refractivity contribution in [2.24, 2.45) is 11.7 Å². The van der Waals surface area contributed by atoms with Crippen LogP contribution in [0, 0.1) is 5.92 Å². The van der Waals surface area contributed by atoms with Gasteiger partial charge < -0.3 is 15.6 Å². The highest BCUT2D eigenvalue weighted by Gasteiger charge is 2.18. The van der Waals surface area contributed by atoms with Gasteiger partial charge in [0.25, 0.3) is 0 Å². The quantitative estimate of drug-likeness (QED) is 0.517. The normalized spacial score (nSPS) is 12.1. The summed E-state index contributed by atoms with van der Waals surface area (Å²) in [4.78, 5) is 23.7. The Bertz CT molecular complexity index is 792. The minimum atomic E-state index is -0.361. The maximum atomic E-state index is 12.6. The van der Waals surface area contributed by atoms with Gasteiger partial charge in [-0.25, -0.2) is 0 Å². The van der Waals surface area contributed by atoms with Crippen LogP contribution in [0.5, 0.6) is 0 Å². The Morgan fingerprint density at radius 2 is 1.93 bits per heavy atom. The standard InChI is InChI=1S/C21H31N5O2S/c1-4-8-17(16-9-6-5-7-10-16)23-20(28)14-29-21-25-24-19(12-11-18(22)27)26(21)13-15(2)3/h5-7,9-10,15,17H,4,8,11-14H2,1-3H3,(H2,22,27)(H,23,28). The van der Waals surface area contributed by atoms with E-state index in [1.54, 1.807) is 0 Å². The number of amides is 2. The van der Waals surface area contributed by atoms with Crippen LogP contribution in [0.25, 0.3) is 0 Å². The first-order chi connectivity index (χ1) is 13.9. The smallest absolute Gasteiger partial charge is 0.230 e. The molecule has 1 aromatic carbocycles. The summed E-state index contributed by atoms with van der Waals surface area (Å²) >= 11 is 1.37. The van der Waals surface area contributed by atoms with Gasteiger partial charge in [-0.05, 0) is 17.9 Å². The van der Waals surface area contributed by atoms with E-state index in [4.69, 9.17) is 5.73 Å². The summed E-state index contributed by atoms with van der Waals surface area (Å²) < 4.78 is 1.99. The van der Waals surface area contributed by atoms with Gasteiger partial charge in [-0.15, -0.1) is 10.2 Å². The first kappa shape index (κ1) is 22.9. The second kappa shape index (κ2) is 11.6. The van der Waals surface area contributed by atoms with Gasteiger partial charge in [0.15, 0.2) is 5.16 Å². The molecule has 2 rings (SSSR count). The molecule has 1 aromatic heterocycles. The maximum Gasteiger partial charge on any atom is 0.230 e. The van der Waals surface area contributed by atoms with Crippen molar-refractivity contribution in [1.82, 2.24) is 20.1 Å². The lowest BCUT2D eigenvalue weighted by Gasteiger charge is -2.18. The predicted octanol–water partition coefficient (Wildman–Crippen LogP) is 3.10. The molecule has 0 saturated carbocycles. The van der Waals surface area contributed by atoms with Gasteiger partial charge in [0, 0.05) is 19.4 Å². The second-order valence-electron chi connectivity index (χ2n) is 7.48. The Balaban J connectivity index is 2.01. The molecule has 8 heteroatoms. The molecule has 0 bridgehead atoms. The van der Waals surface area contributed by atoms with Crippen LogP contribution in [0.2, 0.25) is 0 Å². The van der Waals surface area contributed by atoms with Gasteiger partial charge in [-0.1, -0.05) is 69.3 Å². The molecule has 1 unspecified atom stereocenters. The third kappa shape index (κ3) is 7.53. The van der Waals surface area contributed by atoms with Crippen LogP contribution in [0.3, 0.4) is 0 Å². The van der Waals surface area contributed by atoms with Gasteiger partial charge in [-0.2, -0.15) is 0 Å². The molecular weight excluding hydrogens is 386 g/mol. The SMILES string of the molecule is CCCC(NC(=O)CSc1nnc(CCC(N)=O)n1CC(C)C)c1ccccc1. The number of rotatable bonds is 12. The lowest BCUT2D eigenvalue weighted by molar-refractivity contribution is -0.119. The second-order valence-corrected chi connectivity index (χ2v) is 8.42. The van der Waals surface area contributed by atoms with Gasteiger partial charge in [0.2, 0.25) is 11.8 Å². The third-order valence-electron chi connectivity index (χ3n) is 4.38. The summed E-state index contributed by atoms with van der Waals surface area (Å²) in [5.41, 5.74) is 6.38. The average Bonchev–Trinajstić information content (AvgIpc) is 3.06. The van der Waals surface area contributed by atoms with E-state index in [9.17, 15) is 9.59 Å². The van der Waals surface area contributed by atoms with Gasteiger partial charge in [0.05, 0.1) is 11.8 Å². The molecule has 0 aliphatic heterocycles. The van der Waals surface area contributed by atoms with E-state index >= 15 is 0 Å². The van der Waals surface area contributed by atoms with Crippen molar-refractivity contribution in [2.75, 3.05) is 5.75 Å². The molecule has 0 spiro atoms. The summed E-state index contributed by atoms with van der Waals surface area (Å²) in [6, 6.07) is 10.0. The number of nitrogens with zero attached hydrogens (tertiary/aromatic N) is 3. The van der Waals surface area contributed by atoms with Crippen molar-refractivity contribution in [2.45, 2.75) is 64.2 Å². The molecule has 1 heterocycles. The fourth-order valence-electron chi connectivity index (χ4n) is 3.06. The molecule has 7 nitrogen and oxygen atoms in total. The minimum Gasteiger partial charge on any atom is -0.370 e. The molecule has 0 fully saturated rings. The highest BCUT2D eigenvalue weighted by molar-refractivity contribution is 7.99. The zero-order valence-electron chi connectivity index (χ0n) is 17.4. The Hall–Kier alpha value is -2.35. The fraction of sp³-hybridized carbons (Fsp3) is 0.524. The summed E-state index contributed by atoms with van der Waals surface area (Å²) in [7, 11) is 0. The van der Waals surface area contributed by atoms with E-state index in [2.05, 4.69) is 36.3 Å². The number of nitrogens with two attached hydrogens (primary N) is 1. The molecule has 2 amide bonds. The topological polar surface area (TPSA) is 103 Å². The highest BCUT2D eigenvalue weighted by Crippen LogP contribution is 2.21. The molecule has 3 N–H and O–H groups in total. The van der Waals surface area contributed by atoms with Crippen LogP contribution in [0.15, 0.2) is 35.5 Å². The Labute approximate surface area is 176 Å². The molecule has 0 aliphatic carbocycles. The monoisotopic (exact) mass is 417 g/mol. The fourth-order valence-corrected chi connectivity index (χ4v) is 3.83.